The molecule has 2 aromatic rings. The summed E-state index contributed by atoms with van der Waals surface area (Å²) < 4.78 is 0. The summed E-state index contributed by atoms with van der Waals surface area (Å²) in [5.74, 6) is 0.745. The lowest BCUT2D eigenvalue weighted by molar-refractivity contribution is 0.671. The molecule has 0 aliphatic heterocycles. The van der Waals surface area contributed by atoms with Gasteiger partial charge in [-0.1, -0.05) is 23.7 Å². The number of nitrogen functional groups attached to an aromatic ring is 1. The van der Waals surface area contributed by atoms with Crippen LogP contribution in [-0.4, -0.2) is 16.0 Å². The molecule has 0 aliphatic rings. The van der Waals surface area contributed by atoms with Gasteiger partial charge in [0.2, 0.25) is 0 Å². The molecule has 0 saturated heterocycles. The smallest absolute Gasteiger partial charge is 0.151 e. The molecule has 0 saturated carbocycles. The summed E-state index contributed by atoms with van der Waals surface area (Å²) in [6.07, 6.45) is 3.12. The predicted octanol–water partition coefficient (Wildman–Crippen LogP) is 3.13. The largest absolute Gasteiger partial charge is 0.399 e. The lowest BCUT2D eigenvalue weighted by Gasteiger charge is -2.28. The van der Waals surface area contributed by atoms with E-state index in [2.05, 4.69) is 28.7 Å². The Morgan fingerprint density at radius 1 is 1.37 bits per heavy atom. The molecule has 2 rings (SSSR count). The zero-order valence-electron chi connectivity index (χ0n) is 11.0. The van der Waals surface area contributed by atoms with E-state index in [1.807, 2.05) is 24.3 Å². The Labute approximate surface area is 118 Å². The van der Waals surface area contributed by atoms with Gasteiger partial charge in [0.15, 0.2) is 5.82 Å². The van der Waals surface area contributed by atoms with Crippen LogP contribution in [0.5, 0.6) is 0 Å². The number of hydrogen-bond donors (Lipinski definition) is 1. The molecule has 100 valence electrons. The number of nitrogens with two attached hydrogens (primary N) is 1. The molecule has 0 unspecified atom stereocenters. The fourth-order valence-electron chi connectivity index (χ4n) is 1.91. The minimum absolute atomic E-state index is 0.272. The average molecular weight is 277 g/mol. The molecule has 0 bridgehead atoms. The molecule has 1 aromatic heterocycles. The van der Waals surface area contributed by atoms with E-state index >= 15 is 0 Å². The van der Waals surface area contributed by atoms with E-state index in [0.717, 1.165) is 17.1 Å². The fraction of sp³-hybridized carbons (Fsp3) is 0.286. The van der Waals surface area contributed by atoms with Crippen molar-refractivity contribution in [3.05, 3.63) is 47.4 Å². The molecular weight excluding hydrogens is 260 g/mol. The maximum atomic E-state index is 6.17. The fourth-order valence-corrected chi connectivity index (χ4v) is 2.12. The quantitative estimate of drug-likeness (QED) is 0.872. The van der Waals surface area contributed by atoms with Crippen LogP contribution in [0.15, 0.2) is 36.8 Å². The number of rotatable bonds is 4. The van der Waals surface area contributed by atoms with Crippen LogP contribution in [0.4, 0.5) is 11.5 Å². The Kier molecular flexibility index (Phi) is 4.22. The second kappa shape index (κ2) is 5.89. The van der Waals surface area contributed by atoms with E-state index in [1.165, 1.54) is 6.33 Å². The van der Waals surface area contributed by atoms with Crippen molar-refractivity contribution >= 4 is 23.1 Å². The lowest BCUT2D eigenvalue weighted by atomic mass is 10.1. The van der Waals surface area contributed by atoms with E-state index in [9.17, 15) is 0 Å². The van der Waals surface area contributed by atoms with Gasteiger partial charge in [0.05, 0.1) is 6.20 Å². The number of halogens is 1. The number of nitrogens with zero attached hydrogens (tertiary/aromatic N) is 3. The van der Waals surface area contributed by atoms with Gasteiger partial charge in [-0.25, -0.2) is 9.97 Å². The molecule has 4 nitrogen and oxygen atoms in total. The highest BCUT2D eigenvalue weighted by molar-refractivity contribution is 6.32. The molecule has 0 fully saturated rings. The van der Waals surface area contributed by atoms with Gasteiger partial charge < -0.3 is 10.6 Å². The normalized spacial score (nSPS) is 10.7. The second-order valence-corrected chi connectivity index (χ2v) is 5.07. The first-order valence-corrected chi connectivity index (χ1v) is 6.52. The van der Waals surface area contributed by atoms with Crippen molar-refractivity contribution in [2.75, 3.05) is 10.6 Å². The van der Waals surface area contributed by atoms with Crippen molar-refractivity contribution in [1.82, 2.24) is 9.97 Å². The minimum atomic E-state index is 0.272. The first-order chi connectivity index (χ1) is 9.08. The van der Waals surface area contributed by atoms with E-state index in [0.29, 0.717) is 11.6 Å². The first-order valence-electron chi connectivity index (χ1n) is 6.14. The Hall–Kier alpha value is -1.81. The first kappa shape index (κ1) is 13.6. The van der Waals surface area contributed by atoms with Gasteiger partial charge in [-0.2, -0.15) is 0 Å². The molecule has 0 radical (unpaired) electrons. The standard InChI is InChI=1S/C14H17ClN4/c1-10(2)19(14-13(15)7-17-9-18-14)8-11-4-3-5-12(16)6-11/h3-7,9-10H,8,16H2,1-2H3. The molecule has 19 heavy (non-hydrogen) atoms. The Bertz CT molecular complexity index is 557. The Balaban J connectivity index is 2.29. The van der Waals surface area contributed by atoms with E-state index in [-0.39, 0.29) is 6.04 Å². The monoisotopic (exact) mass is 276 g/mol. The molecule has 2 N–H and O–H groups in total. The zero-order valence-corrected chi connectivity index (χ0v) is 11.8. The summed E-state index contributed by atoms with van der Waals surface area (Å²) in [6.45, 7) is 4.91. The van der Waals surface area contributed by atoms with E-state index in [1.54, 1.807) is 6.20 Å². The highest BCUT2D eigenvalue weighted by Gasteiger charge is 2.15. The van der Waals surface area contributed by atoms with Crippen LogP contribution < -0.4 is 10.6 Å². The summed E-state index contributed by atoms with van der Waals surface area (Å²) in [7, 11) is 0. The second-order valence-electron chi connectivity index (χ2n) is 4.66. The van der Waals surface area contributed by atoms with Gasteiger partial charge in [0, 0.05) is 18.3 Å². The maximum absolute atomic E-state index is 6.17. The van der Waals surface area contributed by atoms with Gasteiger partial charge in [0.25, 0.3) is 0 Å². The van der Waals surface area contributed by atoms with Crippen LogP contribution >= 0.6 is 11.6 Å². The summed E-state index contributed by atoms with van der Waals surface area (Å²) >= 11 is 6.17. The van der Waals surface area contributed by atoms with Gasteiger partial charge in [-0.15, -0.1) is 0 Å². The number of anilines is 2. The lowest BCUT2D eigenvalue weighted by Crippen LogP contribution is -2.31. The predicted molar refractivity (Wildman–Crippen MR) is 79.2 cm³/mol. The third-order valence-electron chi connectivity index (χ3n) is 2.85. The van der Waals surface area contributed by atoms with Crippen molar-refractivity contribution in [3.8, 4) is 0 Å². The number of benzene rings is 1. The summed E-state index contributed by atoms with van der Waals surface area (Å²) in [4.78, 5) is 10.3. The highest BCUT2D eigenvalue weighted by atomic mass is 35.5. The average Bonchev–Trinajstić information content (AvgIpc) is 2.37. The Morgan fingerprint density at radius 2 is 2.16 bits per heavy atom. The van der Waals surface area contributed by atoms with Crippen molar-refractivity contribution in [1.29, 1.82) is 0 Å². The van der Waals surface area contributed by atoms with Crippen LogP contribution in [-0.2, 0) is 6.54 Å². The van der Waals surface area contributed by atoms with Crippen LogP contribution in [0.2, 0.25) is 5.02 Å². The van der Waals surface area contributed by atoms with Gasteiger partial charge in [-0.3, -0.25) is 0 Å². The summed E-state index contributed by atoms with van der Waals surface area (Å²) in [6, 6.07) is 8.10. The van der Waals surface area contributed by atoms with Crippen molar-refractivity contribution < 1.29 is 0 Å². The van der Waals surface area contributed by atoms with E-state index < -0.39 is 0 Å². The summed E-state index contributed by atoms with van der Waals surface area (Å²) in [5, 5.41) is 0.556. The topological polar surface area (TPSA) is 55.0 Å². The molecule has 5 heteroatoms. The minimum Gasteiger partial charge on any atom is -0.399 e. The summed E-state index contributed by atoms with van der Waals surface area (Å²) in [5.41, 5.74) is 7.70. The number of hydrogen-bond acceptors (Lipinski definition) is 4. The molecule has 0 amide bonds. The molecule has 1 heterocycles. The van der Waals surface area contributed by atoms with Crippen molar-refractivity contribution in [3.63, 3.8) is 0 Å². The van der Waals surface area contributed by atoms with Gasteiger partial charge in [-0.05, 0) is 31.5 Å². The van der Waals surface area contributed by atoms with Gasteiger partial charge >= 0.3 is 0 Å². The third-order valence-corrected chi connectivity index (χ3v) is 3.11. The Morgan fingerprint density at radius 3 is 2.79 bits per heavy atom. The molecule has 0 aliphatic carbocycles. The number of aromatic nitrogens is 2. The van der Waals surface area contributed by atoms with Crippen molar-refractivity contribution in [2.24, 2.45) is 0 Å². The van der Waals surface area contributed by atoms with Crippen LogP contribution in [0.25, 0.3) is 0 Å². The highest BCUT2D eigenvalue weighted by Crippen LogP contribution is 2.25. The van der Waals surface area contributed by atoms with Crippen LogP contribution in [0.3, 0.4) is 0 Å². The molecule has 0 spiro atoms. The maximum Gasteiger partial charge on any atom is 0.151 e. The zero-order chi connectivity index (χ0) is 13.8. The van der Waals surface area contributed by atoms with Crippen LogP contribution in [0, 0.1) is 0 Å². The SMILES string of the molecule is CC(C)N(Cc1cccc(N)c1)c1ncncc1Cl. The molecular formula is C14H17ClN4. The van der Waals surface area contributed by atoms with Crippen molar-refractivity contribution in [2.45, 2.75) is 26.4 Å². The third kappa shape index (κ3) is 3.35. The van der Waals surface area contributed by atoms with E-state index in [4.69, 9.17) is 17.3 Å². The molecule has 0 atom stereocenters. The molecule has 1 aromatic carbocycles. The van der Waals surface area contributed by atoms with Gasteiger partial charge in [0.1, 0.15) is 11.3 Å². The van der Waals surface area contributed by atoms with Crippen LogP contribution in [0.1, 0.15) is 19.4 Å².